The van der Waals surface area contributed by atoms with Crippen LogP contribution in [0.25, 0.3) is 0 Å². The van der Waals surface area contributed by atoms with E-state index in [2.05, 4.69) is 25.4 Å². The van der Waals surface area contributed by atoms with Gasteiger partial charge in [0.05, 0.1) is 15.8 Å². The number of thiophene rings is 1. The fourth-order valence-electron chi connectivity index (χ4n) is 1.65. The maximum absolute atomic E-state index is 12.1. The zero-order chi connectivity index (χ0) is 15.2. The van der Waals surface area contributed by atoms with E-state index in [1.807, 2.05) is 0 Å². The van der Waals surface area contributed by atoms with Gasteiger partial charge in [-0.2, -0.15) is 0 Å². The van der Waals surface area contributed by atoms with Crippen molar-refractivity contribution in [1.29, 1.82) is 0 Å². The van der Waals surface area contributed by atoms with Crippen molar-refractivity contribution in [3.8, 4) is 0 Å². The van der Waals surface area contributed by atoms with Crippen LogP contribution in [-0.2, 0) is 19.6 Å². The average molecular weight is 384 g/mol. The Labute approximate surface area is 131 Å². The van der Waals surface area contributed by atoms with Gasteiger partial charge in [-0.15, -0.1) is 11.3 Å². The minimum absolute atomic E-state index is 0.232. The molecule has 0 bridgehead atoms. The molecule has 0 aromatic carbocycles. The standard InChI is InChI=1S/C12H18BrNO4S2/c1-9-10(8-11(13)19-9)20(16,17)14-7-5-3-4-6-12(15)18-2/h8,14H,3-7H2,1-2H3. The second kappa shape index (κ2) is 8.11. The number of rotatable bonds is 8. The normalized spacial score (nSPS) is 11.6. The molecular formula is C12H18BrNO4S2. The van der Waals surface area contributed by atoms with Crippen LogP contribution < -0.4 is 4.72 Å². The van der Waals surface area contributed by atoms with E-state index in [0.717, 1.165) is 15.1 Å². The van der Waals surface area contributed by atoms with Crippen molar-refractivity contribution in [3.05, 3.63) is 14.7 Å². The Bertz CT molecular complexity index is 554. The van der Waals surface area contributed by atoms with E-state index in [4.69, 9.17) is 0 Å². The minimum Gasteiger partial charge on any atom is -0.469 e. The fourth-order valence-corrected chi connectivity index (χ4v) is 5.14. The monoisotopic (exact) mass is 383 g/mol. The quantitative estimate of drug-likeness (QED) is 0.553. The highest BCUT2D eigenvalue weighted by Gasteiger charge is 2.18. The summed E-state index contributed by atoms with van der Waals surface area (Å²) in [5.41, 5.74) is 0. The summed E-state index contributed by atoms with van der Waals surface area (Å²) < 4.78 is 32.0. The van der Waals surface area contributed by atoms with Crippen LogP contribution in [0.3, 0.4) is 0 Å². The molecule has 0 fully saturated rings. The molecule has 1 aromatic rings. The van der Waals surface area contributed by atoms with Gasteiger partial charge in [-0.3, -0.25) is 4.79 Å². The number of aryl methyl sites for hydroxylation is 1. The van der Waals surface area contributed by atoms with Gasteiger partial charge in [0.2, 0.25) is 10.0 Å². The van der Waals surface area contributed by atoms with Crippen LogP contribution >= 0.6 is 27.3 Å². The van der Waals surface area contributed by atoms with E-state index in [9.17, 15) is 13.2 Å². The number of carbonyl (C=O) groups is 1. The third kappa shape index (κ3) is 5.51. The summed E-state index contributed by atoms with van der Waals surface area (Å²) in [4.78, 5) is 12.0. The molecule has 0 saturated carbocycles. The van der Waals surface area contributed by atoms with E-state index in [1.54, 1.807) is 13.0 Å². The predicted molar refractivity (Wildman–Crippen MR) is 82.4 cm³/mol. The Morgan fingerprint density at radius 1 is 1.40 bits per heavy atom. The van der Waals surface area contributed by atoms with Crippen LogP contribution in [0.4, 0.5) is 0 Å². The van der Waals surface area contributed by atoms with Crippen molar-refractivity contribution in [2.45, 2.75) is 37.5 Å². The first-order valence-electron chi connectivity index (χ1n) is 6.19. The van der Waals surface area contributed by atoms with Crippen LogP contribution in [0.15, 0.2) is 14.7 Å². The highest BCUT2D eigenvalue weighted by atomic mass is 79.9. The van der Waals surface area contributed by atoms with Crippen molar-refractivity contribution >= 4 is 43.3 Å². The van der Waals surface area contributed by atoms with Gasteiger partial charge in [0.25, 0.3) is 0 Å². The molecule has 0 saturated heterocycles. The summed E-state index contributed by atoms with van der Waals surface area (Å²) in [5, 5.41) is 0. The molecule has 1 aromatic heterocycles. The minimum atomic E-state index is -3.44. The maximum Gasteiger partial charge on any atom is 0.305 e. The van der Waals surface area contributed by atoms with Gasteiger partial charge in [-0.1, -0.05) is 6.42 Å². The molecule has 1 heterocycles. The molecule has 0 spiro atoms. The lowest BCUT2D eigenvalue weighted by atomic mass is 10.2. The van der Waals surface area contributed by atoms with Gasteiger partial charge in [0, 0.05) is 17.8 Å². The van der Waals surface area contributed by atoms with Gasteiger partial charge < -0.3 is 4.74 Å². The number of unbranched alkanes of at least 4 members (excludes halogenated alkanes) is 2. The predicted octanol–water partition coefficient (Wildman–Crippen LogP) is 2.83. The third-order valence-electron chi connectivity index (χ3n) is 2.71. The Morgan fingerprint density at radius 3 is 2.65 bits per heavy atom. The molecule has 0 amide bonds. The molecule has 8 heteroatoms. The Hall–Kier alpha value is -0.440. The second-order valence-electron chi connectivity index (χ2n) is 4.26. The first kappa shape index (κ1) is 17.6. The summed E-state index contributed by atoms with van der Waals surface area (Å²) in [6.45, 7) is 2.15. The smallest absolute Gasteiger partial charge is 0.305 e. The summed E-state index contributed by atoms with van der Waals surface area (Å²) in [7, 11) is -2.08. The number of hydrogen-bond acceptors (Lipinski definition) is 5. The molecule has 1 N–H and O–H groups in total. The van der Waals surface area contributed by atoms with Crippen LogP contribution in [-0.4, -0.2) is 28.0 Å². The number of nitrogens with one attached hydrogen (secondary N) is 1. The van der Waals surface area contributed by atoms with Crippen molar-refractivity contribution in [3.63, 3.8) is 0 Å². The number of carbonyl (C=O) groups excluding carboxylic acids is 1. The molecule has 20 heavy (non-hydrogen) atoms. The summed E-state index contributed by atoms with van der Waals surface area (Å²) in [6, 6.07) is 1.61. The number of esters is 1. The zero-order valence-corrected chi connectivity index (χ0v) is 14.7. The molecule has 0 radical (unpaired) electrons. The molecule has 0 aliphatic rings. The number of methoxy groups -OCH3 is 1. The molecule has 1 rings (SSSR count). The van der Waals surface area contributed by atoms with Gasteiger partial charge in [0.15, 0.2) is 0 Å². The lowest BCUT2D eigenvalue weighted by Gasteiger charge is -2.06. The molecule has 114 valence electrons. The fraction of sp³-hybridized carbons (Fsp3) is 0.583. The Balaban J connectivity index is 2.34. The van der Waals surface area contributed by atoms with E-state index in [-0.39, 0.29) is 5.97 Å². The number of ether oxygens (including phenoxy) is 1. The highest BCUT2D eigenvalue weighted by molar-refractivity contribution is 9.11. The molecule has 0 aliphatic heterocycles. The van der Waals surface area contributed by atoms with Crippen molar-refractivity contribution in [2.24, 2.45) is 0 Å². The van der Waals surface area contributed by atoms with Gasteiger partial charge >= 0.3 is 5.97 Å². The first-order chi connectivity index (χ1) is 9.36. The topological polar surface area (TPSA) is 72.5 Å². The molecule has 0 atom stereocenters. The maximum atomic E-state index is 12.1. The number of hydrogen-bond donors (Lipinski definition) is 1. The largest absolute Gasteiger partial charge is 0.469 e. The third-order valence-corrected chi connectivity index (χ3v) is 5.98. The Kier molecular flexibility index (Phi) is 7.14. The van der Waals surface area contributed by atoms with Crippen molar-refractivity contribution < 1.29 is 17.9 Å². The van der Waals surface area contributed by atoms with Gasteiger partial charge in [-0.25, -0.2) is 13.1 Å². The van der Waals surface area contributed by atoms with Crippen LogP contribution in [0, 0.1) is 6.92 Å². The van der Waals surface area contributed by atoms with Crippen LogP contribution in [0.2, 0.25) is 0 Å². The summed E-state index contributed by atoms with van der Waals surface area (Å²) in [6.07, 6.45) is 2.56. The van der Waals surface area contributed by atoms with Crippen LogP contribution in [0.5, 0.6) is 0 Å². The highest BCUT2D eigenvalue weighted by Crippen LogP contribution is 2.29. The SMILES string of the molecule is COC(=O)CCCCCNS(=O)(=O)c1cc(Br)sc1C. The lowest BCUT2D eigenvalue weighted by Crippen LogP contribution is -2.24. The van der Waals surface area contributed by atoms with E-state index in [0.29, 0.717) is 30.7 Å². The van der Waals surface area contributed by atoms with E-state index in [1.165, 1.54) is 18.4 Å². The molecule has 0 aliphatic carbocycles. The molecular weight excluding hydrogens is 366 g/mol. The number of halogens is 1. The van der Waals surface area contributed by atoms with Crippen molar-refractivity contribution in [1.82, 2.24) is 4.72 Å². The molecule has 0 unspecified atom stereocenters. The van der Waals surface area contributed by atoms with Crippen LogP contribution in [0.1, 0.15) is 30.6 Å². The lowest BCUT2D eigenvalue weighted by molar-refractivity contribution is -0.140. The zero-order valence-electron chi connectivity index (χ0n) is 11.4. The second-order valence-corrected chi connectivity index (χ2v) is 8.63. The van der Waals surface area contributed by atoms with Crippen molar-refractivity contribution in [2.75, 3.05) is 13.7 Å². The van der Waals surface area contributed by atoms with E-state index < -0.39 is 10.0 Å². The average Bonchev–Trinajstić information content (AvgIpc) is 2.73. The molecule has 5 nitrogen and oxygen atoms in total. The van der Waals surface area contributed by atoms with Gasteiger partial charge in [0.1, 0.15) is 0 Å². The van der Waals surface area contributed by atoms with Gasteiger partial charge in [-0.05, 0) is 41.8 Å². The van der Waals surface area contributed by atoms with E-state index >= 15 is 0 Å². The Morgan fingerprint density at radius 2 is 2.10 bits per heavy atom. The number of sulfonamides is 1. The summed E-state index contributed by atoms with van der Waals surface area (Å²) in [5.74, 6) is -0.232. The first-order valence-corrected chi connectivity index (χ1v) is 9.28. The summed E-state index contributed by atoms with van der Waals surface area (Å²) >= 11 is 4.68.